The van der Waals surface area contributed by atoms with Gasteiger partial charge in [0.25, 0.3) is 5.91 Å². The number of ether oxygens (including phenoxy) is 1. The Hall–Kier alpha value is -2.82. The summed E-state index contributed by atoms with van der Waals surface area (Å²) in [6.45, 7) is 1.33. The first kappa shape index (κ1) is 24.3. The largest absolute Gasteiger partial charge is 0.394 e. The Labute approximate surface area is 200 Å². The molecule has 0 saturated carbocycles. The predicted octanol–water partition coefficient (Wildman–Crippen LogP) is 2.60. The van der Waals surface area contributed by atoms with Crippen LogP contribution in [0, 0.1) is 17.6 Å². The Bertz CT molecular complexity index is 1100. The number of halogens is 2. The van der Waals surface area contributed by atoms with E-state index < -0.39 is 29.3 Å². The van der Waals surface area contributed by atoms with Crippen molar-refractivity contribution in [2.24, 2.45) is 10.9 Å². The van der Waals surface area contributed by atoms with E-state index in [-0.39, 0.29) is 42.9 Å². The standard InChI is InChI=1S/C24H25F2N3O4S/c1-14(11-30)27-22(32)20-9-16-12-34-23(28-21(31)15-5-3-2-4-6-15)29-24(16,13-33-20)18-8-7-17(25)10-19(18)26/h2-8,10,14,16,20,30H,9,11-13H2,1H3,(H,27,32)(H,28,29,31). The summed E-state index contributed by atoms with van der Waals surface area (Å²) in [5.74, 6) is -2.08. The summed E-state index contributed by atoms with van der Waals surface area (Å²) < 4.78 is 34.5. The number of aliphatic hydroxyl groups excluding tert-OH is 1. The molecule has 0 spiro atoms. The smallest absolute Gasteiger partial charge is 0.257 e. The van der Waals surface area contributed by atoms with Gasteiger partial charge in [-0.05, 0) is 31.5 Å². The molecule has 2 aliphatic heterocycles. The average molecular weight is 490 g/mol. The quantitative estimate of drug-likeness (QED) is 0.600. The van der Waals surface area contributed by atoms with Gasteiger partial charge in [0.2, 0.25) is 5.91 Å². The van der Waals surface area contributed by atoms with Crippen LogP contribution in [-0.2, 0) is 15.1 Å². The topological polar surface area (TPSA) is 100 Å². The van der Waals surface area contributed by atoms with E-state index in [1.807, 2.05) is 0 Å². The second-order valence-electron chi connectivity index (χ2n) is 8.42. The molecule has 3 N–H and O–H groups in total. The van der Waals surface area contributed by atoms with E-state index in [9.17, 15) is 23.5 Å². The molecule has 2 amide bonds. The molecule has 1 fully saturated rings. The molecule has 10 heteroatoms. The fourth-order valence-electron chi connectivity index (χ4n) is 4.17. The third kappa shape index (κ3) is 4.98. The highest BCUT2D eigenvalue weighted by atomic mass is 32.2. The molecule has 4 unspecified atom stereocenters. The number of carbonyl (C=O) groups is 2. The van der Waals surface area contributed by atoms with Crippen LogP contribution < -0.4 is 10.6 Å². The van der Waals surface area contributed by atoms with Gasteiger partial charge in [-0.3, -0.25) is 9.59 Å². The van der Waals surface area contributed by atoms with E-state index in [1.165, 1.54) is 17.8 Å². The van der Waals surface area contributed by atoms with Crippen LogP contribution in [-0.4, -0.2) is 53.2 Å². The van der Waals surface area contributed by atoms with Gasteiger partial charge in [-0.1, -0.05) is 36.0 Å². The number of hydrogen-bond donors (Lipinski definition) is 3. The molecular weight excluding hydrogens is 464 g/mol. The molecule has 180 valence electrons. The number of fused-ring (bicyclic) bond motifs is 1. The SMILES string of the molecule is CC(CO)NC(=O)C1CC2CSC(NC(=O)c3ccccc3)=NC2(c2ccc(F)cc2F)CO1. The fourth-order valence-corrected chi connectivity index (χ4v) is 5.34. The number of nitrogens with zero attached hydrogens (tertiary/aromatic N) is 1. The number of amides is 2. The van der Waals surface area contributed by atoms with Crippen molar-refractivity contribution in [2.45, 2.75) is 31.0 Å². The van der Waals surface area contributed by atoms with Gasteiger partial charge in [0, 0.05) is 34.9 Å². The highest BCUT2D eigenvalue weighted by Gasteiger charge is 2.51. The van der Waals surface area contributed by atoms with Crippen LogP contribution in [0.2, 0.25) is 0 Å². The molecule has 1 saturated heterocycles. The Balaban J connectivity index is 1.64. The predicted molar refractivity (Wildman–Crippen MR) is 124 cm³/mol. The average Bonchev–Trinajstić information content (AvgIpc) is 2.83. The van der Waals surface area contributed by atoms with Gasteiger partial charge >= 0.3 is 0 Å². The molecular formula is C24H25F2N3O4S. The highest BCUT2D eigenvalue weighted by molar-refractivity contribution is 8.13. The maximum absolute atomic E-state index is 15.0. The van der Waals surface area contributed by atoms with E-state index in [0.717, 1.165) is 12.1 Å². The lowest BCUT2D eigenvalue weighted by Crippen LogP contribution is -2.55. The van der Waals surface area contributed by atoms with Gasteiger partial charge in [0.15, 0.2) is 5.17 Å². The zero-order valence-electron chi connectivity index (χ0n) is 18.5. The number of amidine groups is 1. The van der Waals surface area contributed by atoms with E-state index >= 15 is 0 Å². The zero-order valence-corrected chi connectivity index (χ0v) is 19.3. The Morgan fingerprint density at radius 1 is 1.26 bits per heavy atom. The molecule has 4 rings (SSSR count). The lowest BCUT2D eigenvalue weighted by Gasteiger charge is -2.46. The first-order chi connectivity index (χ1) is 16.3. The number of carbonyl (C=O) groups excluding carboxylic acids is 2. The van der Waals surface area contributed by atoms with Gasteiger partial charge in [-0.2, -0.15) is 0 Å². The molecule has 34 heavy (non-hydrogen) atoms. The van der Waals surface area contributed by atoms with E-state index in [2.05, 4.69) is 10.6 Å². The summed E-state index contributed by atoms with van der Waals surface area (Å²) in [4.78, 5) is 30.0. The van der Waals surface area contributed by atoms with Crippen LogP contribution in [0.5, 0.6) is 0 Å². The fraction of sp³-hybridized carbons (Fsp3) is 0.375. The molecule has 2 heterocycles. The maximum Gasteiger partial charge on any atom is 0.257 e. The highest BCUT2D eigenvalue weighted by Crippen LogP contribution is 2.47. The number of benzene rings is 2. The number of nitrogens with one attached hydrogen (secondary N) is 2. The number of aliphatic imine (C=N–C) groups is 1. The van der Waals surface area contributed by atoms with Crippen molar-refractivity contribution in [1.29, 1.82) is 0 Å². The van der Waals surface area contributed by atoms with Crippen LogP contribution in [0.4, 0.5) is 8.78 Å². The number of aliphatic hydroxyl groups is 1. The van der Waals surface area contributed by atoms with Crippen LogP contribution >= 0.6 is 11.8 Å². The number of hydrogen-bond acceptors (Lipinski definition) is 6. The lowest BCUT2D eigenvalue weighted by molar-refractivity contribution is -0.142. The maximum atomic E-state index is 15.0. The van der Waals surface area contributed by atoms with Crippen molar-refractivity contribution in [1.82, 2.24) is 10.6 Å². The minimum absolute atomic E-state index is 0.128. The molecule has 2 aliphatic rings. The molecule has 2 aromatic rings. The third-order valence-electron chi connectivity index (χ3n) is 6.01. The molecule has 0 bridgehead atoms. The Morgan fingerprint density at radius 2 is 2.03 bits per heavy atom. The van der Waals surface area contributed by atoms with Crippen LogP contribution in [0.25, 0.3) is 0 Å². The number of rotatable bonds is 5. The summed E-state index contributed by atoms with van der Waals surface area (Å²) in [6, 6.07) is 11.5. The molecule has 0 aromatic heterocycles. The van der Waals surface area contributed by atoms with Crippen LogP contribution in [0.1, 0.15) is 29.3 Å². The van der Waals surface area contributed by atoms with Gasteiger partial charge in [0.1, 0.15) is 23.3 Å². The van der Waals surface area contributed by atoms with E-state index in [0.29, 0.717) is 16.5 Å². The van der Waals surface area contributed by atoms with Gasteiger partial charge < -0.3 is 20.5 Å². The van der Waals surface area contributed by atoms with Crippen molar-refractivity contribution < 1.29 is 28.2 Å². The molecule has 7 nitrogen and oxygen atoms in total. The molecule has 0 aliphatic carbocycles. The summed E-state index contributed by atoms with van der Waals surface area (Å²) in [7, 11) is 0. The minimum Gasteiger partial charge on any atom is -0.394 e. The number of thioether (sulfide) groups is 1. The van der Waals surface area contributed by atoms with E-state index in [1.54, 1.807) is 37.3 Å². The zero-order chi connectivity index (χ0) is 24.3. The van der Waals surface area contributed by atoms with Crippen molar-refractivity contribution >= 4 is 28.7 Å². The van der Waals surface area contributed by atoms with E-state index in [4.69, 9.17) is 9.73 Å². The van der Waals surface area contributed by atoms with Crippen LogP contribution in [0.15, 0.2) is 53.5 Å². The second-order valence-corrected chi connectivity index (χ2v) is 9.43. The Morgan fingerprint density at radius 3 is 2.74 bits per heavy atom. The van der Waals surface area contributed by atoms with Gasteiger partial charge in [0.05, 0.1) is 13.2 Å². The molecule has 0 radical (unpaired) electrons. The molecule has 4 atom stereocenters. The second kappa shape index (κ2) is 10.2. The normalized spacial score (nSPS) is 25.0. The van der Waals surface area contributed by atoms with Gasteiger partial charge in [-0.15, -0.1) is 0 Å². The monoisotopic (exact) mass is 489 g/mol. The lowest BCUT2D eigenvalue weighted by atomic mass is 9.75. The minimum atomic E-state index is -1.23. The van der Waals surface area contributed by atoms with Crippen molar-refractivity contribution in [3.63, 3.8) is 0 Å². The van der Waals surface area contributed by atoms with Gasteiger partial charge in [-0.25, -0.2) is 13.8 Å². The first-order valence-corrected chi connectivity index (χ1v) is 11.9. The van der Waals surface area contributed by atoms with Crippen LogP contribution in [0.3, 0.4) is 0 Å². The summed E-state index contributed by atoms with van der Waals surface area (Å²) in [6.07, 6.45) is -0.552. The van der Waals surface area contributed by atoms with Crippen molar-refractivity contribution in [3.8, 4) is 0 Å². The Kier molecular flexibility index (Phi) is 7.30. The van der Waals surface area contributed by atoms with Crippen molar-refractivity contribution in [2.75, 3.05) is 19.0 Å². The van der Waals surface area contributed by atoms with Crippen molar-refractivity contribution in [3.05, 3.63) is 71.3 Å². The third-order valence-corrected chi connectivity index (χ3v) is 7.05. The molecule has 2 aromatic carbocycles. The summed E-state index contributed by atoms with van der Waals surface area (Å²) >= 11 is 1.30. The summed E-state index contributed by atoms with van der Waals surface area (Å²) in [5, 5.41) is 15.0. The summed E-state index contributed by atoms with van der Waals surface area (Å²) in [5.41, 5.74) is -0.639. The first-order valence-electron chi connectivity index (χ1n) is 10.9.